The average Bonchev–Trinajstić information content (AvgIpc) is 2.95. The molecule has 3 heteroatoms. The molecule has 1 N–H and O–H groups in total. The lowest BCUT2D eigenvalue weighted by atomic mass is 10.2. The minimum atomic E-state index is 0.702. The van der Waals surface area contributed by atoms with Gasteiger partial charge in [-0.25, -0.2) is 0 Å². The molecule has 3 nitrogen and oxygen atoms in total. The minimum absolute atomic E-state index is 0.702. The summed E-state index contributed by atoms with van der Waals surface area (Å²) >= 11 is 0. The van der Waals surface area contributed by atoms with Crippen LogP contribution in [0.15, 0.2) is 24.3 Å². The molecule has 1 aliphatic heterocycles. The summed E-state index contributed by atoms with van der Waals surface area (Å²) in [6.07, 6.45) is 3.75. The zero-order valence-electron chi connectivity index (χ0n) is 12.9. The molecule has 0 aliphatic carbocycles. The Morgan fingerprint density at radius 3 is 3.00 bits per heavy atom. The van der Waals surface area contributed by atoms with Gasteiger partial charge in [-0.2, -0.15) is 0 Å². The lowest BCUT2D eigenvalue weighted by Gasteiger charge is -2.24. The fraction of sp³-hybridized carbons (Fsp3) is 0.647. The molecule has 1 aromatic rings. The van der Waals surface area contributed by atoms with Crippen molar-refractivity contribution < 1.29 is 4.74 Å². The van der Waals surface area contributed by atoms with Crippen LogP contribution in [-0.4, -0.2) is 43.7 Å². The van der Waals surface area contributed by atoms with Crippen LogP contribution in [0.5, 0.6) is 5.75 Å². The molecule has 1 fully saturated rings. The van der Waals surface area contributed by atoms with Crippen molar-refractivity contribution in [3.8, 4) is 5.75 Å². The van der Waals surface area contributed by atoms with Crippen LogP contribution >= 0.6 is 0 Å². The summed E-state index contributed by atoms with van der Waals surface area (Å²) in [5, 5.41) is 3.57. The maximum absolute atomic E-state index is 5.81. The average molecular weight is 276 g/mol. The maximum Gasteiger partial charge on any atom is 0.119 e. The SMILES string of the molecule is CCN(CCCOc1cccc(C)c1)CC1CCCN1. The Labute approximate surface area is 123 Å². The third-order valence-corrected chi connectivity index (χ3v) is 3.97. The number of nitrogens with zero attached hydrogens (tertiary/aromatic N) is 1. The van der Waals surface area contributed by atoms with Gasteiger partial charge in [0.2, 0.25) is 0 Å². The van der Waals surface area contributed by atoms with Gasteiger partial charge < -0.3 is 15.0 Å². The molecule has 2 rings (SSSR count). The predicted molar refractivity (Wildman–Crippen MR) is 84.4 cm³/mol. The van der Waals surface area contributed by atoms with Crippen molar-refractivity contribution in [3.63, 3.8) is 0 Å². The predicted octanol–water partition coefficient (Wildman–Crippen LogP) is 2.84. The Morgan fingerprint density at radius 1 is 1.40 bits per heavy atom. The normalized spacial score (nSPS) is 18.6. The van der Waals surface area contributed by atoms with E-state index in [2.05, 4.69) is 42.3 Å². The summed E-state index contributed by atoms with van der Waals surface area (Å²) in [6.45, 7) is 9.78. The molecular weight excluding hydrogens is 248 g/mol. The van der Waals surface area contributed by atoms with Crippen molar-refractivity contribution in [2.75, 3.05) is 32.8 Å². The second-order valence-corrected chi connectivity index (χ2v) is 5.71. The molecule has 1 heterocycles. The molecule has 1 unspecified atom stereocenters. The number of hydrogen-bond donors (Lipinski definition) is 1. The van der Waals surface area contributed by atoms with Gasteiger partial charge in [0.25, 0.3) is 0 Å². The van der Waals surface area contributed by atoms with Crippen LogP contribution in [0, 0.1) is 6.92 Å². The van der Waals surface area contributed by atoms with Crippen molar-refractivity contribution in [1.29, 1.82) is 0 Å². The van der Waals surface area contributed by atoms with Gasteiger partial charge in [0, 0.05) is 19.1 Å². The molecule has 1 atom stereocenters. The van der Waals surface area contributed by atoms with Crippen LogP contribution in [0.4, 0.5) is 0 Å². The van der Waals surface area contributed by atoms with E-state index in [1.165, 1.54) is 31.5 Å². The second kappa shape index (κ2) is 8.28. The quantitative estimate of drug-likeness (QED) is 0.739. The monoisotopic (exact) mass is 276 g/mol. The molecule has 1 saturated heterocycles. The first-order chi connectivity index (χ1) is 9.78. The van der Waals surface area contributed by atoms with E-state index in [-0.39, 0.29) is 0 Å². The highest BCUT2D eigenvalue weighted by Gasteiger charge is 2.16. The number of ether oxygens (including phenoxy) is 1. The van der Waals surface area contributed by atoms with Crippen LogP contribution in [0.1, 0.15) is 31.7 Å². The first-order valence-corrected chi connectivity index (χ1v) is 7.93. The lowest BCUT2D eigenvalue weighted by molar-refractivity contribution is 0.227. The molecule has 0 saturated carbocycles. The number of rotatable bonds is 8. The molecule has 0 bridgehead atoms. The van der Waals surface area contributed by atoms with E-state index in [4.69, 9.17) is 4.74 Å². The van der Waals surface area contributed by atoms with Crippen molar-refractivity contribution in [2.24, 2.45) is 0 Å². The van der Waals surface area contributed by atoms with Crippen LogP contribution in [-0.2, 0) is 0 Å². The first-order valence-electron chi connectivity index (χ1n) is 7.93. The molecule has 0 radical (unpaired) electrons. The molecule has 0 amide bonds. The van der Waals surface area contributed by atoms with Gasteiger partial charge in [-0.1, -0.05) is 19.1 Å². The Morgan fingerprint density at radius 2 is 2.30 bits per heavy atom. The van der Waals surface area contributed by atoms with Crippen molar-refractivity contribution in [3.05, 3.63) is 29.8 Å². The zero-order valence-corrected chi connectivity index (χ0v) is 12.9. The van der Waals surface area contributed by atoms with E-state index in [9.17, 15) is 0 Å². The molecule has 1 aliphatic rings. The van der Waals surface area contributed by atoms with Crippen LogP contribution in [0.3, 0.4) is 0 Å². The van der Waals surface area contributed by atoms with Crippen molar-refractivity contribution in [2.45, 2.75) is 39.2 Å². The summed E-state index contributed by atoms with van der Waals surface area (Å²) in [4.78, 5) is 2.53. The van der Waals surface area contributed by atoms with Gasteiger partial charge in [-0.3, -0.25) is 0 Å². The van der Waals surface area contributed by atoms with Crippen LogP contribution in [0.25, 0.3) is 0 Å². The highest BCUT2D eigenvalue weighted by Crippen LogP contribution is 2.12. The van der Waals surface area contributed by atoms with Gasteiger partial charge in [0.15, 0.2) is 0 Å². The fourth-order valence-electron chi connectivity index (χ4n) is 2.79. The van der Waals surface area contributed by atoms with Crippen LogP contribution in [0.2, 0.25) is 0 Å². The Bertz CT molecular complexity index is 388. The first kappa shape index (κ1) is 15.3. The van der Waals surface area contributed by atoms with Gasteiger partial charge in [0.1, 0.15) is 5.75 Å². The number of likely N-dealkylation sites (N-methyl/N-ethyl adjacent to an activating group) is 1. The molecular formula is C17H28N2O. The van der Waals surface area contributed by atoms with E-state index in [1.54, 1.807) is 0 Å². The summed E-state index contributed by atoms with van der Waals surface area (Å²) in [7, 11) is 0. The number of benzene rings is 1. The standard InChI is InChI=1S/C17H28N2O/c1-3-19(14-16-8-5-10-18-16)11-6-12-20-17-9-4-7-15(2)13-17/h4,7,9,13,16,18H,3,5-6,8,10-12,14H2,1-2H3. The maximum atomic E-state index is 5.81. The third-order valence-electron chi connectivity index (χ3n) is 3.97. The molecule has 0 spiro atoms. The largest absolute Gasteiger partial charge is 0.494 e. The minimum Gasteiger partial charge on any atom is -0.494 e. The Hall–Kier alpha value is -1.06. The topological polar surface area (TPSA) is 24.5 Å². The second-order valence-electron chi connectivity index (χ2n) is 5.71. The fourth-order valence-corrected chi connectivity index (χ4v) is 2.79. The van der Waals surface area contributed by atoms with E-state index in [1.807, 2.05) is 6.07 Å². The zero-order chi connectivity index (χ0) is 14.2. The third kappa shape index (κ3) is 5.14. The summed E-state index contributed by atoms with van der Waals surface area (Å²) in [5.74, 6) is 0.991. The lowest BCUT2D eigenvalue weighted by Crippen LogP contribution is -2.38. The highest BCUT2D eigenvalue weighted by atomic mass is 16.5. The van der Waals surface area contributed by atoms with Crippen molar-refractivity contribution >= 4 is 0 Å². The molecule has 20 heavy (non-hydrogen) atoms. The molecule has 112 valence electrons. The Kier molecular flexibility index (Phi) is 6.34. The molecule has 0 aromatic heterocycles. The Balaban J connectivity index is 1.63. The van der Waals surface area contributed by atoms with Gasteiger partial charge in [-0.05, 0) is 57.0 Å². The van der Waals surface area contributed by atoms with Crippen molar-refractivity contribution in [1.82, 2.24) is 10.2 Å². The van der Waals surface area contributed by atoms with Gasteiger partial charge in [-0.15, -0.1) is 0 Å². The molecule has 1 aromatic carbocycles. The van der Waals surface area contributed by atoms with E-state index >= 15 is 0 Å². The van der Waals surface area contributed by atoms with E-state index < -0.39 is 0 Å². The smallest absolute Gasteiger partial charge is 0.119 e. The van der Waals surface area contributed by atoms with Gasteiger partial charge >= 0.3 is 0 Å². The van der Waals surface area contributed by atoms with E-state index in [0.29, 0.717) is 6.04 Å². The number of hydrogen-bond acceptors (Lipinski definition) is 3. The summed E-state index contributed by atoms with van der Waals surface area (Å²) < 4.78 is 5.81. The summed E-state index contributed by atoms with van der Waals surface area (Å²) in [5.41, 5.74) is 1.25. The van der Waals surface area contributed by atoms with Gasteiger partial charge in [0.05, 0.1) is 6.61 Å². The summed E-state index contributed by atoms with van der Waals surface area (Å²) in [6, 6.07) is 8.98. The van der Waals surface area contributed by atoms with E-state index in [0.717, 1.165) is 31.9 Å². The van der Waals surface area contributed by atoms with Crippen LogP contribution < -0.4 is 10.1 Å². The highest BCUT2D eigenvalue weighted by molar-refractivity contribution is 5.27. The number of aryl methyl sites for hydroxylation is 1. The number of nitrogens with one attached hydrogen (secondary N) is 1.